The average molecular weight is 280 g/mol. The maximum Gasteiger partial charge on any atom is 0.309 e. The highest BCUT2D eigenvalue weighted by atomic mass is 17.2. The van der Waals surface area contributed by atoms with Crippen molar-refractivity contribution >= 4 is 5.97 Å². The van der Waals surface area contributed by atoms with Gasteiger partial charge in [0.15, 0.2) is 0 Å². The lowest BCUT2D eigenvalue weighted by Gasteiger charge is -2.58. The molecule has 5 fully saturated rings. The summed E-state index contributed by atoms with van der Waals surface area (Å²) in [7, 11) is 0. The summed E-state index contributed by atoms with van der Waals surface area (Å²) >= 11 is 0. The second-order valence-corrected chi connectivity index (χ2v) is 7.69. The van der Waals surface area contributed by atoms with Crippen molar-refractivity contribution in [2.75, 3.05) is 0 Å². The average Bonchev–Trinajstić information content (AvgIpc) is 2.63. The summed E-state index contributed by atoms with van der Waals surface area (Å²) < 4.78 is 5.81. The lowest BCUT2D eigenvalue weighted by molar-refractivity contribution is -0.476. The molecular weight excluding hydrogens is 256 g/mol. The molecule has 4 nitrogen and oxygen atoms in total. The Balaban J connectivity index is 1.84. The van der Waals surface area contributed by atoms with Gasteiger partial charge in [0.25, 0.3) is 0 Å². The highest BCUT2D eigenvalue weighted by Crippen LogP contribution is 2.60. The van der Waals surface area contributed by atoms with E-state index >= 15 is 0 Å². The molecule has 0 amide bonds. The lowest BCUT2D eigenvalue weighted by Crippen LogP contribution is -2.68. The fourth-order valence-electron chi connectivity index (χ4n) is 5.30. The maximum atomic E-state index is 12.2. The largest absolute Gasteiger partial charge is 0.459 e. The number of ether oxygens (including phenoxy) is 1. The SMILES string of the molecule is C[C@@H]1CC[C@H]2[C@@H](C)C(=O)O[C@H]3C[C@@]4(C)CC[C@@H]1[C@]32OO4. The minimum atomic E-state index is -0.388. The molecule has 2 bridgehead atoms. The van der Waals surface area contributed by atoms with E-state index in [1.807, 2.05) is 6.92 Å². The minimum Gasteiger partial charge on any atom is -0.459 e. The first kappa shape index (κ1) is 13.1. The topological polar surface area (TPSA) is 44.8 Å². The third-order valence-electron chi connectivity index (χ3n) is 6.50. The zero-order valence-electron chi connectivity index (χ0n) is 12.6. The Morgan fingerprint density at radius 3 is 2.70 bits per heavy atom. The predicted molar refractivity (Wildman–Crippen MR) is 71.6 cm³/mol. The number of fused-ring (bicyclic) bond motifs is 2. The summed E-state index contributed by atoms with van der Waals surface area (Å²) in [6, 6.07) is 0. The molecule has 7 atom stereocenters. The number of carbonyl (C=O) groups excluding carboxylic acids is 1. The van der Waals surface area contributed by atoms with Crippen LogP contribution < -0.4 is 0 Å². The van der Waals surface area contributed by atoms with Crippen molar-refractivity contribution in [2.24, 2.45) is 23.7 Å². The Hall–Kier alpha value is -0.610. The van der Waals surface area contributed by atoms with E-state index in [1.54, 1.807) is 0 Å². The van der Waals surface area contributed by atoms with Gasteiger partial charge in [-0.05, 0) is 44.4 Å². The third-order valence-corrected chi connectivity index (χ3v) is 6.50. The standard InChI is InChI=1S/C16H24O4/c1-9-4-5-12-10(2)14(17)18-13-8-15(3)7-6-11(9)16(12,13)20-19-15/h9-13H,4-8H2,1-3H3/t9-,10-,11+,12+,13+,15-,16-/m1/s1. The quantitative estimate of drug-likeness (QED) is 0.505. The molecule has 3 aliphatic heterocycles. The molecule has 3 saturated heterocycles. The van der Waals surface area contributed by atoms with Crippen LogP contribution in [0.1, 0.15) is 52.9 Å². The van der Waals surface area contributed by atoms with Gasteiger partial charge < -0.3 is 4.74 Å². The van der Waals surface area contributed by atoms with Gasteiger partial charge in [0.05, 0.1) is 5.92 Å². The molecule has 1 spiro atoms. The normalized spacial score (nSPS) is 57.8. The van der Waals surface area contributed by atoms with Gasteiger partial charge in [0.2, 0.25) is 0 Å². The number of hydrogen-bond donors (Lipinski definition) is 0. The van der Waals surface area contributed by atoms with Crippen LogP contribution in [0.5, 0.6) is 0 Å². The zero-order valence-corrected chi connectivity index (χ0v) is 12.6. The highest BCUT2D eigenvalue weighted by Gasteiger charge is 2.68. The van der Waals surface area contributed by atoms with E-state index in [1.165, 1.54) is 6.42 Å². The third kappa shape index (κ3) is 1.47. The smallest absolute Gasteiger partial charge is 0.309 e. The van der Waals surface area contributed by atoms with Crippen LogP contribution in [0.4, 0.5) is 0 Å². The molecule has 0 aromatic carbocycles. The first-order valence-corrected chi connectivity index (χ1v) is 8.04. The summed E-state index contributed by atoms with van der Waals surface area (Å²) in [5.41, 5.74) is -0.681. The van der Waals surface area contributed by atoms with Crippen LogP contribution in [0.3, 0.4) is 0 Å². The monoisotopic (exact) mass is 280 g/mol. The van der Waals surface area contributed by atoms with Crippen molar-refractivity contribution in [2.45, 2.75) is 70.2 Å². The Morgan fingerprint density at radius 1 is 1.10 bits per heavy atom. The Labute approximate surface area is 120 Å². The first-order valence-electron chi connectivity index (χ1n) is 8.04. The minimum absolute atomic E-state index is 0.0429. The molecule has 0 unspecified atom stereocenters. The number of rotatable bonds is 0. The molecule has 5 rings (SSSR count). The molecule has 4 heteroatoms. The summed E-state index contributed by atoms with van der Waals surface area (Å²) in [4.78, 5) is 24.1. The first-order chi connectivity index (χ1) is 9.46. The molecule has 0 N–H and O–H groups in total. The summed E-state index contributed by atoms with van der Waals surface area (Å²) in [6.45, 7) is 6.40. The summed E-state index contributed by atoms with van der Waals surface area (Å²) in [5, 5.41) is 0. The van der Waals surface area contributed by atoms with Gasteiger partial charge in [-0.25, -0.2) is 9.78 Å². The van der Waals surface area contributed by atoms with E-state index < -0.39 is 0 Å². The number of esters is 1. The van der Waals surface area contributed by atoms with E-state index in [9.17, 15) is 4.79 Å². The van der Waals surface area contributed by atoms with Crippen LogP contribution in [0, 0.1) is 23.7 Å². The molecule has 2 saturated carbocycles. The Kier molecular flexibility index (Phi) is 2.60. The molecule has 3 heterocycles. The van der Waals surface area contributed by atoms with Gasteiger partial charge in [-0.1, -0.05) is 13.8 Å². The highest BCUT2D eigenvalue weighted by molar-refractivity contribution is 5.74. The second-order valence-electron chi connectivity index (χ2n) is 7.69. The van der Waals surface area contributed by atoms with Gasteiger partial charge in [0.1, 0.15) is 17.3 Å². The molecule has 2 aliphatic carbocycles. The lowest BCUT2D eigenvalue weighted by atomic mass is 9.57. The van der Waals surface area contributed by atoms with Gasteiger partial charge in [-0.2, -0.15) is 0 Å². The van der Waals surface area contributed by atoms with Crippen molar-refractivity contribution < 1.29 is 19.3 Å². The second kappa shape index (κ2) is 3.98. The van der Waals surface area contributed by atoms with Crippen LogP contribution in [0.25, 0.3) is 0 Å². The number of hydrogen-bond acceptors (Lipinski definition) is 4. The van der Waals surface area contributed by atoms with Crippen LogP contribution in [0.2, 0.25) is 0 Å². The van der Waals surface area contributed by atoms with Crippen LogP contribution in [-0.2, 0) is 19.3 Å². The van der Waals surface area contributed by atoms with Gasteiger partial charge in [0, 0.05) is 12.3 Å². The molecule has 112 valence electrons. The van der Waals surface area contributed by atoms with E-state index in [0.29, 0.717) is 11.8 Å². The molecule has 0 aromatic heterocycles. The molecule has 20 heavy (non-hydrogen) atoms. The number of carbonyl (C=O) groups is 1. The molecule has 0 aromatic rings. The van der Waals surface area contributed by atoms with E-state index in [4.69, 9.17) is 14.5 Å². The fourth-order valence-corrected chi connectivity index (χ4v) is 5.30. The van der Waals surface area contributed by atoms with E-state index in [-0.39, 0.29) is 35.1 Å². The van der Waals surface area contributed by atoms with Gasteiger partial charge in [-0.3, -0.25) is 4.79 Å². The van der Waals surface area contributed by atoms with Gasteiger partial charge in [-0.15, -0.1) is 0 Å². The zero-order chi connectivity index (χ0) is 14.1. The van der Waals surface area contributed by atoms with Crippen LogP contribution >= 0.6 is 0 Å². The van der Waals surface area contributed by atoms with Crippen molar-refractivity contribution in [3.63, 3.8) is 0 Å². The maximum absolute atomic E-state index is 12.2. The van der Waals surface area contributed by atoms with Crippen molar-refractivity contribution in [1.29, 1.82) is 0 Å². The van der Waals surface area contributed by atoms with Crippen molar-refractivity contribution in [1.82, 2.24) is 0 Å². The fraction of sp³-hybridized carbons (Fsp3) is 0.938. The predicted octanol–water partition coefficient (Wildman–Crippen LogP) is 2.85. The summed E-state index contributed by atoms with van der Waals surface area (Å²) in [5.74, 6) is 1.19. The van der Waals surface area contributed by atoms with Crippen molar-refractivity contribution in [3.8, 4) is 0 Å². The van der Waals surface area contributed by atoms with Crippen LogP contribution in [-0.4, -0.2) is 23.3 Å². The van der Waals surface area contributed by atoms with Crippen molar-refractivity contribution in [3.05, 3.63) is 0 Å². The van der Waals surface area contributed by atoms with E-state index in [0.717, 1.165) is 25.7 Å². The Bertz CT molecular complexity index is 450. The molecular formula is C16H24O4. The molecule has 5 aliphatic rings. The molecule has 0 radical (unpaired) electrons. The van der Waals surface area contributed by atoms with E-state index in [2.05, 4.69) is 13.8 Å². The van der Waals surface area contributed by atoms with Crippen LogP contribution in [0.15, 0.2) is 0 Å². The van der Waals surface area contributed by atoms with Gasteiger partial charge >= 0.3 is 5.97 Å². The summed E-state index contributed by atoms with van der Waals surface area (Å²) in [6.07, 6.45) is 5.01. The Morgan fingerprint density at radius 2 is 1.90 bits per heavy atom.